The molecule has 1 aliphatic rings. The van der Waals surface area contributed by atoms with Crippen LogP contribution >= 0.6 is 15.9 Å². The third kappa shape index (κ3) is 3.60. The summed E-state index contributed by atoms with van der Waals surface area (Å²) in [5.41, 5.74) is 0.391. The Morgan fingerprint density at radius 3 is 2.90 bits per heavy atom. The number of carbonyl (C=O) groups is 1. The number of benzene rings is 1. The highest BCUT2D eigenvalue weighted by atomic mass is 79.9. The van der Waals surface area contributed by atoms with E-state index < -0.39 is 11.4 Å². The first-order chi connectivity index (χ1) is 10.0. The largest absolute Gasteiger partial charge is 0.497 e. The number of aliphatic carboxylic acids is 1. The summed E-state index contributed by atoms with van der Waals surface area (Å²) in [6.45, 7) is 2.16. The molecule has 116 valence electrons. The van der Waals surface area contributed by atoms with E-state index in [-0.39, 0.29) is 0 Å². The van der Waals surface area contributed by atoms with Crippen molar-refractivity contribution in [2.75, 3.05) is 7.11 Å². The molecule has 1 aliphatic carbocycles. The molecule has 4 heteroatoms. The van der Waals surface area contributed by atoms with E-state index in [4.69, 9.17) is 4.74 Å². The van der Waals surface area contributed by atoms with Crippen molar-refractivity contribution >= 4 is 21.9 Å². The fourth-order valence-electron chi connectivity index (χ4n) is 3.44. The topological polar surface area (TPSA) is 46.5 Å². The quantitative estimate of drug-likeness (QED) is 0.835. The lowest BCUT2D eigenvalue weighted by molar-refractivity contribution is -0.152. The summed E-state index contributed by atoms with van der Waals surface area (Å²) >= 11 is 3.54. The zero-order valence-electron chi connectivity index (χ0n) is 12.7. The molecule has 21 heavy (non-hydrogen) atoms. The van der Waals surface area contributed by atoms with Gasteiger partial charge in [0.25, 0.3) is 0 Å². The van der Waals surface area contributed by atoms with E-state index >= 15 is 0 Å². The minimum Gasteiger partial charge on any atom is -0.497 e. The number of halogens is 1. The van der Waals surface area contributed by atoms with Crippen molar-refractivity contribution in [1.29, 1.82) is 0 Å². The van der Waals surface area contributed by atoms with E-state index in [0.29, 0.717) is 12.3 Å². The lowest BCUT2D eigenvalue weighted by Crippen LogP contribution is -2.38. The fourth-order valence-corrected chi connectivity index (χ4v) is 3.83. The van der Waals surface area contributed by atoms with Crippen LogP contribution in [0.4, 0.5) is 0 Å². The molecule has 1 fully saturated rings. The molecule has 0 heterocycles. The van der Waals surface area contributed by atoms with Crippen molar-refractivity contribution in [1.82, 2.24) is 0 Å². The first kappa shape index (κ1) is 16.3. The highest BCUT2D eigenvalue weighted by Crippen LogP contribution is 2.44. The second-order valence-corrected chi connectivity index (χ2v) is 6.94. The summed E-state index contributed by atoms with van der Waals surface area (Å²) < 4.78 is 6.23. The van der Waals surface area contributed by atoms with Crippen LogP contribution in [0.5, 0.6) is 5.75 Å². The zero-order chi connectivity index (χ0) is 15.5. The van der Waals surface area contributed by atoms with Gasteiger partial charge >= 0.3 is 5.97 Å². The number of methoxy groups -OCH3 is 1. The normalized spacial score (nSPS) is 25.6. The summed E-state index contributed by atoms with van der Waals surface area (Å²) in [6.07, 6.45) is 5.34. The van der Waals surface area contributed by atoms with Crippen LogP contribution < -0.4 is 4.74 Å². The monoisotopic (exact) mass is 354 g/mol. The molecule has 0 saturated heterocycles. The molecule has 0 aliphatic heterocycles. The number of carboxylic acid groups (broad SMARTS) is 1. The number of hydrogen-bond acceptors (Lipinski definition) is 2. The SMILES string of the molecule is CCC1CCCC(Cc2cc(OC)ccc2Br)(C(=O)O)C1. The van der Waals surface area contributed by atoms with Gasteiger partial charge in [0.1, 0.15) is 5.75 Å². The molecule has 0 amide bonds. The van der Waals surface area contributed by atoms with Gasteiger partial charge in [-0.3, -0.25) is 4.79 Å². The predicted octanol–water partition coefficient (Wildman–Crippen LogP) is 4.67. The molecule has 0 spiro atoms. The third-order valence-electron chi connectivity index (χ3n) is 4.76. The van der Waals surface area contributed by atoms with E-state index in [1.807, 2.05) is 18.2 Å². The maximum absolute atomic E-state index is 12.0. The molecule has 2 atom stereocenters. The second kappa shape index (κ2) is 6.82. The predicted molar refractivity (Wildman–Crippen MR) is 86.7 cm³/mol. The Morgan fingerprint density at radius 2 is 2.29 bits per heavy atom. The average molecular weight is 355 g/mol. The zero-order valence-corrected chi connectivity index (χ0v) is 14.3. The lowest BCUT2D eigenvalue weighted by Gasteiger charge is -2.37. The smallest absolute Gasteiger partial charge is 0.309 e. The fraction of sp³-hybridized carbons (Fsp3) is 0.588. The number of hydrogen-bond donors (Lipinski definition) is 1. The number of rotatable bonds is 5. The van der Waals surface area contributed by atoms with Crippen LogP contribution in [-0.4, -0.2) is 18.2 Å². The summed E-state index contributed by atoms with van der Waals surface area (Å²) in [5.74, 6) is 0.645. The Bertz CT molecular complexity index is 515. The lowest BCUT2D eigenvalue weighted by atomic mass is 9.66. The van der Waals surface area contributed by atoms with Crippen LogP contribution in [0.2, 0.25) is 0 Å². The van der Waals surface area contributed by atoms with Crippen LogP contribution in [0.25, 0.3) is 0 Å². The summed E-state index contributed by atoms with van der Waals surface area (Å²) in [6, 6.07) is 5.77. The van der Waals surface area contributed by atoms with Gasteiger partial charge in [0.2, 0.25) is 0 Å². The van der Waals surface area contributed by atoms with Crippen molar-refractivity contribution in [2.24, 2.45) is 11.3 Å². The van der Waals surface area contributed by atoms with Crippen molar-refractivity contribution in [3.05, 3.63) is 28.2 Å². The first-order valence-electron chi connectivity index (χ1n) is 7.56. The molecule has 0 aromatic heterocycles. The van der Waals surface area contributed by atoms with Crippen LogP contribution in [0.15, 0.2) is 22.7 Å². The van der Waals surface area contributed by atoms with E-state index in [2.05, 4.69) is 22.9 Å². The molecular formula is C17H23BrO3. The highest BCUT2D eigenvalue weighted by Gasteiger charge is 2.42. The molecule has 1 saturated carbocycles. The van der Waals surface area contributed by atoms with Crippen LogP contribution in [0.3, 0.4) is 0 Å². The van der Waals surface area contributed by atoms with Crippen LogP contribution in [0, 0.1) is 11.3 Å². The van der Waals surface area contributed by atoms with E-state index in [1.54, 1.807) is 7.11 Å². The molecule has 2 unspecified atom stereocenters. The summed E-state index contributed by atoms with van der Waals surface area (Å²) in [5, 5.41) is 9.83. The molecule has 1 aromatic carbocycles. The minimum absolute atomic E-state index is 0.527. The number of ether oxygens (including phenoxy) is 1. The molecule has 3 nitrogen and oxygen atoms in total. The van der Waals surface area contributed by atoms with Crippen molar-refractivity contribution < 1.29 is 14.6 Å². The second-order valence-electron chi connectivity index (χ2n) is 6.09. The Labute approximate surface area is 134 Å². The van der Waals surface area contributed by atoms with Crippen molar-refractivity contribution in [3.63, 3.8) is 0 Å². The van der Waals surface area contributed by atoms with Gasteiger partial charge in [0.05, 0.1) is 12.5 Å². The Balaban J connectivity index is 2.30. The first-order valence-corrected chi connectivity index (χ1v) is 8.36. The molecule has 0 bridgehead atoms. The Morgan fingerprint density at radius 1 is 1.52 bits per heavy atom. The Kier molecular flexibility index (Phi) is 5.31. The van der Waals surface area contributed by atoms with Gasteiger partial charge in [0, 0.05) is 4.47 Å². The van der Waals surface area contributed by atoms with Gasteiger partial charge < -0.3 is 9.84 Å². The third-order valence-corrected chi connectivity index (χ3v) is 5.53. The van der Waals surface area contributed by atoms with E-state index in [1.165, 1.54) is 0 Å². The van der Waals surface area contributed by atoms with Gasteiger partial charge in [0.15, 0.2) is 0 Å². The van der Waals surface area contributed by atoms with Crippen LogP contribution in [0.1, 0.15) is 44.6 Å². The van der Waals surface area contributed by atoms with Gasteiger partial charge in [-0.1, -0.05) is 42.1 Å². The molecule has 0 radical (unpaired) electrons. The maximum atomic E-state index is 12.0. The molecule has 1 aromatic rings. The molecular weight excluding hydrogens is 332 g/mol. The number of carboxylic acids is 1. The Hall–Kier alpha value is -1.03. The summed E-state index contributed by atoms with van der Waals surface area (Å²) in [7, 11) is 1.63. The van der Waals surface area contributed by atoms with Gasteiger partial charge in [-0.2, -0.15) is 0 Å². The highest BCUT2D eigenvalue weighted by molar-refractivity contribution is 9.10. The van der Waals surface area contributed by atoms with E-state index in [9.17, 15) is 9.90 Å². The average Bonchev–Trinajstić information content (AvgIpc) is 2.49. The van der Waals surface area contributed by atoms with Gasteiger partial charge in [-0.25, -0.2) is 0 Å². The molecule has 2 rings (SSSR count). The van der Waals surface area contributed by atoms with Crippen molar-refractivity contribution in [2.45, 2.75) is 45.4 Å². The van der Waals surface area contributed by atoms with Gasteiger partial charge in [-0.15, -0.1) is 0 Å². The van der Waals surface area contributed by atoms with Gasteiger partial charge in [-0.05, 0) is 48.9 Å². The minimum atomic E-state index is -0.657. The maximum Gasteiger partial charge on any atom is 0.309 e. The summed E-state index contributed by atoms with van der Waals surface area (Å²) in [4.78, 5) is 12.0. The van der Waals surface area contributed by atoms with Crippen LogP contribution in [-0.2, 0) is 11.2 Å². The standard InChI is InChI=1S/C17H23BrO3/c1-3-12-5-4-8-17(10-12,16(19)20)11-13-9-14(21-2)6-7-15(13)18/h6-7,9,12H,3-5,8,10-11H2,1-2H3,(H,19,20). The molecule has 1 N–H and O–H groups in total. The van der Waals surface area contributed by atoms with Crippen molar-refractivity contribution in [3.8, 4) is 5.75 Å². The van der Waals surface area contributed by atoms with E-state index in [0.717, 1.165) is 47.9 Å².